The molecule has 0 unspecified atom stereocenters. The number of aromatic nitrogens is 1. The molecule has 11 nitrogen and oxygen atoms in total. The number of benzene rings is 2. The van der Waals surface area contributed by atoms with Crippen LogP contribution in [0.15, 0.2) is 60.8 Å². The highest BCUT2D eigenvalue weighted by Crippen LogP contribution is 2.19. The molecule has 196 valence electrons. The second kappa shape index (κ2) is 12.7. The minimum atomic E-state index is -1.36. The van der Waals surface area contributed by atoms with Gasteiger partial charge in [-0.1, -0.05) is 48.5 Å². The lowest BCUT2D eigenvalue weighted by molar-refractivity contribution is -0.141. The average Bonchev–Trinajstić information content (AvgIpc) is 3.28. The lowest BCUT2D eigenvalue weighted by Gasteiger charge is -2.23. The smallest absolute Gasteiger partial charge is 0.326 e. The van der Waals surface area contributed by atoms with Gasteiger partial charge in [-0.2, -0.15) is 0 Å². The fourth-order valence-electron chi connectivity index (χ4n) is 3.87. The Balaban J connectivity index is 1.53. The van der Waals surface area contributed by atoms with E-state index in [0.717, 1.165) is 22.0 Å². The van der Waals surface area contributed by atoms with Crippen molar-refractivity contribution in [2.45, 2.75) is 44.0 Å². The van der Waals surface area contributed by atoms with Crippen molar-refractivity contribution in [3.8, 4) is 0 Å². The number of amides is 3. The third-order valence-corrected chi connectivity index (χ3v) is 5.85. The average molecular weight is 510 g/mol. The van der Waals surface area contributed by atoms with Crippen molar-refractivity contribution in [3.63, 3.8) is 0 Å². The lowest BCUT2D eigenvalue weighted by atomic mass is 10.0. The summed E-state index contributed by atoms with van der Waals surface area (Å²) in [6.07, 6.45) is 0.679. The number of H-pyrrole nitrogens is 1. The summed E-state index contributed by atoms with van der Waals surface area (Å²) in [4.78, 5) is 52.3. The number of aromatic amines is 1. The Morgan fingerprint density at radius 2 is 1.62 bits per heavy atom. The molecule has 0 aliphatic heterocycles. The van der Waals surface area contributed by atoms with Crippen molar-refractivity contribution in [1.29, 1.82) is 0 Å². The highest BCUT2D eigenvalue weighted by atomic mass is 16.4. The Labute approximate surface area is 213 Å². The van der Waals surface area contributed by atoms with Gasteiger partial charge >= 0.3 is 5.97 Å². The lowest BCUT2D eigenvalue weighted by Crippen LogP contribution is -2.57. The Morgan fingerprint density at radius 3 is 2.30 bits per heavy atom. The molecule has 0 fully saturated rings. The van der Waals surface area contributed by atoms with Gasteiger partial charge in [-0.3, -0.25) is 14.4 Å². The first-order valence-corrected chi connectivity index (χ1v) is 11.8. The predicted molar refractivity (Wildman–Crippen MR) is 136 cm³/mol. The Bertz CT molecular complexity index is 1240. The van der Waals surface area contributed by atoms with Crippen LogP contribution in [0.4, 0.5) is 0 Å². The first-order valence-electron chi connectivity index (χ1n) is 11.8. The number of carbonyl (C=O) groups excluding carboxylic acids is 3. The monoisotopic (exact) mass is 509 g/mol. The van der Waals surface area contributed by atoms with Gasteiger partial charge in [0.2, 0.25) is 17.7 Å². The van der Waals surface area contributed by atoms with Gasteiger partial charge in [-0.25, -0.2) is 4.79 Å². The molecule has 3 amide bonds. The molecule has 11 heteroatoms. The van der Waals surface area contributed by atoms with E-state index in [1.807, 2.05) is 54.6 Å². The number of para-hydroxylation sites is 1. The predicted octanol–water partition coefficient (Wildman–Crippen LogP) is -0.168. The zero-order valence-electron chi connectivity index (χ0n) is 20.3. The van der Waals surface area contributed by atoms with E-state index in [1.54, 1.807) is 6.20 Å². The van der Waals surface area contributed by atoms with Gasteiger partial charge in [-0.15, -0.1) is 0 Å². The van der Waals surface area contributed by atoms with Gasteiger partial charge in [0.1, 0.15) is 12.1 Å². The first kappa shape index (κ1) is 27.4. The van der Waals surface area contributed by atoms with E-state index in [4.69, 9.17) is 5.73 Å². The van der Waals surface area contributed by atoms with E-state index < -0.39 is 54.5 Å². The molecule has 3 aromatic rings. The van der Waals surface area contributed by atoms with Gasteiger partial charge in [0.25, 0.3) is 0 Å². The second-order valence-corrected chi connectivity index (χ2v) is 8.76. The molecule has 3 rings (SSSR count). The summed E-state index contributed by atoms with van der Waals surface area (Å²) in [5.41, 5.74) is 8.34. The summed E-state index contributed by atoms with van der Waals surface area (Å²) in [5.74, 6) is -3.42. The Kier molecular flexibility index (Phi) is 9.36. The standard InChI is InChI=1S/C26H31N5O6/c1-15(32)23(31-24(34)19(27)11-16-7-3-2-4-8-16)25(35)29-14-22(33)30-21(26(36)37)12-17-13-28-20-10-6-5-9-18(17)20/h2-10,13,15,19,21,23,28,32H,11-12,14,27H2,1H3,(H,29,35)(H,30,33)(H,31,34)(H,36,37)/t15-,19+,21+,23+/m1/s1. The van der Waals surface area contributed by atoms with Crippen LogP contribution in [0.2, 0.25) is 0 Å². The number of carboxylic acid groups (broad SMARTS) is 1. The highest BCUT2D eigenvalue weighted by Gasteiger charge is 2.29. The minimum Gasteiger partial charge on any atom is -0.480 e. The van der Waals surface area contributed by atoms with Crippen molar-refractivity contribution < 1.29 is 29.4 Å². The molecular formula is C26H31N5O6. The van der Waals surface area contributed by atoms with E-state index in [9.17, 15) is 29.4 Å². The number of rotatable bonds is 12. The van der Waals surface area contributed by atoms with E-state index in [2.05, 4.69) is 20.9 Å². The van der Waals surface area contributed by atoms with E-state index in [1.165, 1.54) is 6.92 Å². The van der Waals surface area contributed by atoms with E-state index in [-0.39, 0.29) is 12.8 Å². The number of carbonyl (C=O) groups is 4. The van der Waals surface area contributed by atoms with Crippen LogP contribution in [0.3, 0.4) is 0 Å². The summed E-state index contributed by atoms with van der Waals surface area (Å²) in [7, 11) is 0. The Morgan fingerprint density at radius 1 is 0.946 bits per heavy atom. The molecule has 0 aliphatic carbocycles. The van der Waals surface area contributed by atoms with Crippen molar-refractivity contribution in [2.75, 3.05) is 6.54 Å². The second-order valence-electron chi connectivity index (χ2n) is 8.76. The molecule has 1 aromatic heterocycles. The summed E-state index contributed by atoms with van der Waals surface area (Å²) in [5, 5.41) is 27.6. The number of hydrogen-bond acceptors (Lipinski definition) is 6. The summed E-state index contributed by atoms with van der Waals surface area (Å²) >= 11 is 0. The SMILES string of the molecule is C[C@@H](O)[C@H](NC(=O)[C@@H](N)Cc1ccccc1)C(=O)NCC(=O)N[C@@H](Cc1c[nH]c2ccccc12)C(=O)O. The highest BCUT2D eigenvalue weighted by molar-refractivity contribution is 5.93. The van der Waals surface area contributed by atoms with Gasteiger partial charge in [0.15, 0.2) is 0 Å². The largest absolute Gasteiger partial charge is 0.480 e. The van der Waals surface area contributed by atoms with Crippen LogP contribution in [0.25, 0.3) is 10.9 Å². The fourth-order valence-corrected chi connectivity index (χ4v) is 3.87. The molecular weight excluding hydrogens is 478 g/mol. The molecule has 0 spiro atoms. The Hall–Kier alpha value is -4.22. The molecule has 4 atom stereocenters. The molecule has 0 aliphatic rings. The quantitative estimate of drug-likeness (QED) is 0.177. The summed E-state index contributed by atoms with van der Waals surface area (Å²) in [6, 6.07) is 12.9. The molecule has 37 heavy (non-hydrogen) atoms. The zero-order chi connectivity index (χ0) is 26.9. The fraction of sp³-hybridized carbons (Fsp3) is 0.308. The number of carboxylic acids is 1. The summed E-state index contributed by atoms with van der Waals surface area (Å²) < 4.78 is 0. The van der Waals surface area contributed by atoms with Crippen molar-refractivity contribution in [2.24, 2.45) is 5.73 Å². The number of fused-ring (bicyclic) bond motifs is 1. The maximum atomic E-state index is 12.6. The number of hydrogen-bond donors (Lipinski definition) is 7. The van der Waals surface area contributed by atoms with Gasteiger partial charge in [-0.05, 0) is 30.5 Å². The number of aliphatic carboxylic acids is 1. The van der Waals surface area contributed by atoms with Gasteiger partial charge in [0.05, 0.1) is 18.7 Å². The minimum absolute atomic E-state index is 0.0324. The van der Waals surface area contributed by atoms with Crippen LogP contribution in [-0.2, 0) is 32.0 Å². The van der Waals surface area contributed by atoms with Crippen LogP contribution >= 0.6 is 0 Å². The molecule has 0 saturated carbocycles. The van der Waals surface area contributed by atoms with E-state index in [0.29, 0.717) is 0 Å². The van der Waals surface area contributed by atoms with Gasteiger partial charge < -0.3 is 36.9 Å². The van der Waals surface area contributed by atoms with Crippen LogP contribution < -0.4 is 21.7 Å². The molecule has 8 N–H and O–H groups in total. The van der Waals surface area contributed by atoms with Gasteiger partial charge in [0, 0.05) is 23.5 Å². The van der Waals surface area contributed by atoms with Crippen LogP contribution in [0.5, 0.6) is 0 Å². The molecule has 2 aromatic carbocycles. The topological polar surface area (TPSA) is 187 Å². The maximum Gasteiger partial charge on any atom is 0.326 e. The molecule has 0 saturated heterocycles. The normalized spacial score (nSPS) is 14.2. The van der Waals surface area contributed by atoms with Crippen LogP contribution in [0.1, 0.15) is 18.1 Å². The molecule has 0 radical (unpaired) electrons. The number of nitrogens with one attached hydrogen (secondary N) is 4. The molecule has 1 heterocycles. The number of aliphatic hydroxyl groups is 1. The third-order valence-electron chi connectivity index (χ3n) is 5.85. The molecule has 0 bridgehead atoms. The third kappa shape index (κ3) is 7.63. The first-order chi connectivity index (χ1) is 17.7. The zero-order valence-corrected chi connectivity index (χ0v) is 20.3. The maximum absolute atomic E-state index is 12.6. The van der Waals surface area contributed by atoms with Crippen molar-refractivity contribution in [1.82, 2.24) is 20.9 Å². The van der Waals surface area contributed by atoms with E-state index >= 15 is 0 Å². The van der Waals surface area contributed by atoms with Crippen molar-refractivity contribution in [3.05, 3.63) is 71.9 Å². The number of aliphatic hydroxyl groups excluding tert-OH is 1. The number of nitrogens with two attached hydrogens (primary N) is 1. The van der Waals surface area contributed by atoms with Crippen LogP contribution in [-0.4, -0.2) is 69.7 Å². The van der Waals surface area contributed by atoms with Crippen LogP contribution in [0, 0.1) is 0 Å². The van der Waals surface area contributed by atoms with Crippen molar-refractivity contribution >= 4 is 34.6 Å². The summed E-state index contributed by atoms with van der Waals surface area (Å²) in [6.45, 7) is 0.765.